The first-order valence-electron chi connectivity index (χ1n) is 7.42. The van der Waals surface area contributed by atoms with Crippen LogP contribution in [0.2, 0.25) is 0 Å². The molecule has 0 aliphatic heterocycles. The highest BCUT2D eigenvalue weighted by Gasteiger charge is 2.09. The number of carboxylic acid groups (broad SMARTS) is 1. The van der Waals surface area contributed by atoms with Crippen molar-refractivity contribution in [1.29, 1.82) is 0 Å². The summed E-state index contributed by atoms with van der Waals surface area (Å²) in [6, 6.07) is 14.5. The van der Waals surface area contributed by atoms with Crippen molar-refractivity contribution in [1.82, 2.24) is 9.97 Å². The van der Waals surface area contributed by atoms with Crippen LogP contribution in [-0.4, -0.2) is 28.2 Å². The predicted octanol–water partition coefficient (Wildman–Crippen LogP) is 3.40. The Kier molecular flexibility index (Phi) is 4.47. The Bertz CT molecular complexity index is 844. The van der Waals surface area contributed by atoms with Gasteiger partial charge in [0, 0.05) is 5.56 Å². The van der Waals surface area contributed by atoms with Crippen LogP contribution < -0.4 is 10.1 Å². The van der Waals surface area contributed by atoms with E-state index in [9.17, 15) is 4.79 Å². The number of nitrogens with zero attached hydrogens (tertiary/aromatic N) is 1. The zero-order valence-corrected chi connectivity index (χ0v) is 13.1. The molecule has 0 bridgehead atoms. The minimum atomic E-state index is -0.978. The van der Waals surface area contributed by atoms with E-state index in [-0.39, 0.29) is 5.56 Å². The van der Waals surface area contributed by atoms with Crippen LogP contribution in [0.1, 0.15) is 16.1 Å². The highest BCUT2D eigenvalue weighted by atomic mass is 16.5. The number of H-pyrrole nitrogens is 1. The average molecular weight is 323 g/mol. The van der Waals surface area contributed by atoms with Crippen molar-refractivity contribution >= 4 is 11.7 Å². The van der Waals surface area contributed by atoms with Crippen molar-refractivity contribution < 1.29 is 14.6 Å². The zero-order chi connectivity index (χ0) is 16.9. The van der Waals surface area contributed by atoms with Gasteiger partial charge in [-0.05, 0) is 18.2 Å². The second kappa shape index (κ2) is 6.87. The molecule has 6 nitrogen and oxygen atoms in total. The molecule has 1 aromatic heterocycles. The lowest BCUT2D eigenvalue weighted by molar-refractivity contribution is 0.0697. The summed E-state index contributed by atoms with van der Waals surface area (Å²) >= 11 is 0. The van der Waals surface area contributed by atoms with Gasteiger partial charge in [-0.2, -0.15) is 0 Å². The molecule has 0 radical (unpaired) electrons. The maximum Gasteiger partial charge on any atom is 0.335 e. The number of methoxy groups -OCH3 is 1. The molecule has 3 rings (SSSR count). The number of anilines is 1. The number of nitrogens with one attached hydrogen (secondary N) is 2. The summed E-state index contributed by atoms with van der Waals surface area (Å²) < 4.78 is 5.26. The molecule has 0 amide bonds. The number of hydrogen-bond donors (Lipinski definition) is 3. The van der Waals surface area contributed by atoms with Crippen molar-refractivity contribution in [3.63, 3.8) is 0 Å². The molecule has 0 saturated heterocycles. The largest absolute Gasteiger partial charge is 0.495 e. The first-order chi connectivity index (χ1) is 11.7. The molecule has 0 unspecified atom stereocenters. The van der Waals surface area contributed by atoms with Gasteiger partial charge in [-0.1, -0.05) is 30.3 Å². The molecule has 3 aromatic rings. The Labute approximate surface area is 139 Å². The second-order valence-corrected chi connectivity index (χ2v) is 5.20. The average Bonchev–Trinajstić information content (AvgIpc) is 3.09. The fraction of sp³-hybridized carbons (Fsp3) is 0.111. The molecule has 122 valence electrons. The summed E-state index contributed by atoms with van der Waals surface area (Å²) in [5.74, 6) is 0.398. The minimum absolute atomic E-state index is 0.202. The van der Waals surface area contributed by atoms with Crippen molar-refractivity contribution in [3.05, 3.63) is 66.0 Å². The fourth-order valence-corrected chi connectivity index (χ4v) is 2.36. The van der Waals surface area contributed by atoms with Crippen LogP contribution >= 0.6 is 0 Å². The Balaban J connectivity index is 1.75. The zero-order valence-electron chi connectivity index (χ0n) is 13.1. The molecule has 0 aliphatic carbocycles. The molecule has 0 aliphatic rings. The van der Waals surface area contributed by atoms with Gasteiger partial charge in [0.1, 0.15) is 11.6 Å². The van der Waals surface area contributed by atoms with Crippen LogP contribution in [0.3, 0.4) is 0 Å². The van der Waals surface area contributed by atoms with E-state index < -0.39 is 5.97 Å². The SMILES string of the molecule is COc1ccc(C(=O)O)cc1NCc1cnc(-c2ccccc2)[nH]1. The van der Waals surface area contributed by atoms with E-state index in [0.29, 0.717) is 18.0 Å². The number of imidazole rings is 1. The lowest BCUT2D eigenvalue weighted by atomic mass is 10.2. The third kappa shape index (κ3) is 3.38. The number of aromatic nitrogens is 2. The Morgan fingerprint density at radius 2 is 2.04 bits per heavy atom. The van der Waals surface area contributed by atoms with E-state index in [0.717, 1.165) is 17.1 Å². The number of benzene rings is 2. The van der Waals surface area contributed by atoms with Gasteiger partial charge in [-0.15, -0.1) is 0 Å². The maximum absolute atomic E-state index is 11.1. The summed E-state index contributed by atoms with van der Waals surface area (Å²) in [5.41, 5.74) is 2.71. The molecule has 1 heterocycles. The lowest BCUT2D eigenvalue weighted by Gasteiger charge is -2.11. The third-order valence-electron chi connectivity index (χ3n) is 3.59. The monoisotopic (exact) mass is 323 g/mol. The van der Waals surface area contributed by atoms with Gasteiger partial charge in [0.25, 0.3) is 0 Å². The van der Waals surface area contributed by atoms with Gasteiger partial charge in [-0.3, -0.25) is 0 Å². The van der Waals surface area contributed by atoms with Crippen molar-refractivity contribution in [3.8, 4) is 17.1 Å². The van der Waals surface area contributed by atoms with Crippen molar-refractivity contribution in [2.45, 2.75) is 6.54 Å². The summed E-state index contributed by atoms with van der Waals surface area (Å²) in [6.45, 7) is 0.471. The second-order valence-electron chi connectivity index (χ2n) is 5.20. The molecule has 0 atom stereocenters. The minimum Gasteiger partial charge on any atom is -0.495 e. The normalized spacial score (nSPS) is 10.4. The van der Waals surface area contributed by atoms with Gasteiger partial charge in [0.15, 0.2) is 0 Å². The molecular formula is C18H17N3O3. The van der Waals surface area contributed by atoms with Gasteiger partial charge in [-0.25, -0.2) is 9.78 Å². The Hall–Kier alpha value is -3.28. The van der Waals surface area contributed by atoms with Gasteiger partial charge in [0.05, 0.1) is 36.8 Å². The standard InChI is InChI=1S/C18H17N3O3/c1-24-16-8-7-13(18(22)23)9-15(16)19-10-14-11-20-17(21-14)12-5-3-2-4-6-12/h2-9,11,19H,10H2,1H3,(H,20,21)(H,22,23). The highest BCUT2D eigenvalue weighted by molar-refractivity contribution is 5.89. The molecule has 3 N–H and O–H groups in total. The quantitative estimate of drug-likeness (QED) is 0.647. The molecular weight excluding hydrogens is 306 g/mol. The van der Waals surface area contributed by atoms with Crippen LogP contribution in [0.5, 0.6) is 5.75 Å². The van der Waals surface area contributed by atoms with E-state index in [1.54, 1.807) is 25.4 Å². The van der Waals surface area contributed by atoms with Crippen molar-refractivity contribution in [2.75, 3.05) is 12.4 Å². The van der Waals surface area contributed by atoms with Crippen molar-refractivity contribution in [2.24, 2.45) is 0 Å². The Morgan fingerprint density at radius 1 is 1.25 bits per heavy atom. The Morgan fingerprint density at radius 3 is 2.75 bits per heavy atom. The van der Waals surface area contributed by atoms with E-state index in [1.807, 2.05) is 30.3 Å². The van der Waals surface area contributed by atoms with Gasteiger partial charge < -0.3 is 20.1 Å². The van der Waals surface area contributed by atoms with Crippen LogP contribution in [0.4, 0.5) is 5.69 Å². The molecule has 2 aromatic carbocycles. The van der Waals surface area contributed by atoms with Crippen LogP contribution in [-0.2, 0) is 6.54 Å². The van der Waals surface area contributed by atoms with Crippen LogP contribution in [0.25, 0.3) is 11.4 Å². The maximum atomic E-state index is 11.1. The van der Waals surface area contributed by atoms with E-state index in [2.05, 4.69) is 15.3 Å². The number of aromatic carboxylic acids is 1. The number of carbonyl (C=O) groups is 1. The number of hydrogen-bond acceptors (Lipinski definition) is 4. The summed E-state index contributed by atoms with van der Waals surface area (Å²) in [7, 11) is 1.55. The van der Waals surface area contributed by atoms with Crippen LogP contribution in [0.15, 0.2) is 54.7 Å². The smallest absolute Gasteiger partial charge is 0.335 e. The fourth-order valence-electron chi connectivity index (χ4n) is 2.36. The molecule has 6 heteroatoms. The van der Waals surface area contributed by atoms with E-state index in [1.165, 1.54) is 6.07 Å². The van der Waals surface area contributed by atoms with Gasteiger partial charge in [0.2, 0.25) is 0 Å². The lowest BCUT2D eigenvalue weighted by Crippen LogP contribution is -2.04. The first kappa shape index (κ1) is 15.6. The number of ether oxygens (including phenoxy) is 1. The summed E-state index contributed by atoms with van der Waals surface area (Å²) in [5, 5.41) is 12.3. The highest BCUT2D eigenvalue weighted by Crippen LogP contribution is 2.26. The molecule has 0 fully saturated rings. The van der Waals surface area contributed by atoms with E-state index >= 15 is 0 Å². The third-order valence-corrected chi connectivity index (χ3v) is 3.59. The predicted molar refractivity (Wildman–Crippen MR) is 91.3 cm³/mol. The molecule has 24 heavy (non-hydrogen) atoms. The van der Waals surface area contributed by atoms with E-state index in [4.69, 9.17) is 9.84 Å². The number of rotatable bonds is 6. The topological polar surface area (TPSA) is 87.2 Å². The first-order valence-corrected chi connectivity index (χ1v) is 7.42. The number of aromatic amines is 1. The molecule has 0 saturated carbocycles. The number of carboxylic acids is 1. The van der Waals surface area contributed by atoms with Gasteiger partial charge >= 0.3 is 5.97 Å². The molecule has 0 spiro atoms. The summed E-state index contributed by atoms with van der Waals surface area (Å²) in [4.78, 5) is 18.7. The summed E-state index contributed by atoms with van der Waals surface area (Å²) in [6.07, 6.45) is 1.75. The van der Waals surface area contributed by atoms with Crippen LogP contribution in [0, 0.1) is 0 Å².